The van der Waals surface area contributed by atoms with E-state index >= 15 is 4.39 Å². The zero-order valence-corrected chi connectivity index (χ0v) is 25.6. The Balaban J connectivity index is 1.66. The molecule has 3 heterocycles. The maximum absolute atomic E-state index is 15.9. The van der Waals surface area contributed by atoms with Gasteiger partial charge < -0.3 is 30.5 Å². The fraction of sp³-hybridized carbons (Fsp3) is 0.387. The number of methoxy groups -OCH3 is 1. The second-order valence-electron chi connectivity index (χ2n) is 11.9. The number of carbonyl (C=O) groups excluding carboxylic acids is 2. The van der Waals surface area contributed by atoms with Crippen LogP contribution in [0.15, 0.2) is 48.7 Å². The van der Waals surface area contributed by atoms with Crippen molar-refractivity contribution in [3.8, 4) is 11.5 Å². The molecule has 2 aromatic carbocycles. The molecule has 2 amide bonds. The highest BCUT2D eigenvalue weighted by Gasteiger charge is 2.67. The topological polar surface area (TPSA) is 122 Å². The molecule has 0 radical (unpaired) electrons. The molecule has 5 rings (SSSR count). The highest BCUT2D eigenvalue weighted by molar-refractivity contribution is 6.31. The monoisotopic (exact) mass is 630 g/mol. The van der Waals surface area contributed by atoms with Crippen LogP contribution in [-0.4, -0.2) is 54.3 Å². The molecule has 0 bridgehead atoms. The van der Waals surface area contributed by atoms with Gasteiger partial charge in [0.15, 0.2) is 0 Å². The van der Waals surface area contributed by atoms with Crippen LogP contribution in [0.4, 0.5) is 15.8 Å². The summed E-state index contributed by atoms with van der Waals surface area (Å²) in [5.41, 5.74) is -0.539. The second kappa shape index (κ2) is 11.9. The third kappa shape index (κ3) is 5.64. The van der Waals surface area contributed by atoms with E-state index in [0.29, 0.717) is 40.0 Å². The van der Waals surface area contributed by atoms with Crippen molar-refractivity contribution in [2.24, 2.45) is 5.41 Å². The number of halogens is 3. The summed E-state index contributed by atoms with van der Waals surface area (Å²) in [6.07, 6.45) is 1.90. The Labute approximate surface area is 259 Å². The Morgan fingerprint density at radius 3 is 2.67 bits per heavy atom. The molecule has 4 atom stereocenters. The zero-order chi connectivity index (χ0) is 31.1. The van der Waals surface area contributed by atoms with E-state index in [9.17, 15) is 9.59 Å². The van der Waals surface area contributed by atoms with E-state index in [1.807, 2.05) is 20.8 Å². The van der Waals surface area contributed by atoms with E-state index in [1.165, 1.54) is 19.4 Å². The number of aliphatic hydroxyl groups is 1. The largest absolute Gasteiger partial charge is 0.494 e. The Bertz CT molecular complexity index is 1570. The molecule has 4 unspecified atom stereocenters. The fourth-order valence-electron chi connectivity index (χ4n) is 6.22. The van der Waals surface area contributed by atoms with Crippen molar-refractivity contribution in [2.45, 2.75) is 50.6 Å². The summed E-state index contributed by atoms with van der Waals surface area (Å²) < 4.78 is 26.9. The van der Waals surface area contributed by atoms with Crippen molar-refractivity contribution < 1.29 is 28.6 Å². The van der Waals surface area contributed by atoms with Crippen LogP contribution in [0.1, 0.15) is 44.4 Å². The minimum Gasteiger partial charge on any atom is -0.494 e. The van der Waals surface area contributed by atoms with Crippen molar-refractivity contribution >= 4 is 46.4 Å². The molecular weight excluding hydrogens is 598 g/mol. The molecule has 1 spiro atoms. The van der Waals surface area contributed by atoms with Gasteiger partial charge in [0.2, 0.25) is 11.8 Å². The van der Waals surface area contributed by atoms with Crippen molar-refractivity contribution in [3.63, 3.8) is 0 Å². The maximum Gasteiger partial charge on any atom is 0.242 e. The molecular formula is C31H33Cl2FN4O5. The molecule has 4 N–H and O–H groups in total. The Hall–Kier alpha value is -3.44. The van der Waals surface area contributed by atoms with Crippen molar-refractivity contribution in [2.75, 3.05) is 31.0 Å². The van der Waals surface area contributed by atoms with Crippen LogP contribution in [0.2, 0.25) is 10.0 Å². The van der Waals surface area contributed by atoms with E-state index in [0.717, 1.165) is 0 Å². The zero-order valence-electron chi connectivity index (χ0n) is 24.1. The minimum atomic E-state index is -1.48. The maximum atomic E-state index is 15.9. The number of rotatable bonds is 8. The lowest BCUT2D eigenvalue weighted by Crippen LogP contribution is -2.50. The van der Waals surface area contributed by atoms with Crippen LogP contribution < -0.4 is 25.4 Å². The molecule has 9 nitrogen and oxygen atoms in total. The third-order valence-corrected chi connectivity index (χ3v) is 8.33. The van der Waals surface area contributed by atoms with Gasteiger partial charge in [-0.1, -0.05) is 56.1 Å². The van der Waals surface area contributed by atoms with Crippen molar-refractivity contribution in [3.05, 3.63) is 75.8 Å². The second-order valence-corrected chi connectivity index (χ2v) is 12.7. The molecule has 0 saturated carbocycles. The Morgan fingerprint density at radius 1 is 1.21 bits per heavy atom. The van der Waals surface area contributed by atoms with E-state index in [1.54, 1.807) is 36.4 Å². The highest BCUT2D eigenvalue weighted by Crippen LogP contribution is 2.56. The van der Waals surface area contributed by atoms with Crippen LogP contribution in [0, 0.1) is 11.2 Å². The molecule has 1 saturated heterocycles. The highest BCUT2D eigenvalue weighted by atomic mass is 35.5. The molecule has 1 aromatic heterocycles. The third-order valence-electron chi connectivity index (χ3n) is 7.83. The Morgan fingerprint density at radius 2 is 1.98 bits per heavy atom. The number of carbonyl (C=O) groups is 2. The molecule has 43 heavy (non-hydrogen) atoms. The Kier molecular flexibility index (Phi) is 8.59. The van der Waals surface area contributed by atoms with Crippen molar-refractivity contribution in [1.82, 2.24) is 10.3 Å². The molecule has 2 aliphatic rings. The van der Waals surface area contributed by atoms with Gasteiger partial charge in [-0.2, -0.15) is 0 Å². The summed E-state index contributed by atoms with van der Waals surface area (Å²) in [7, 11) is 1.45. The van der Waals surface area contributed by atoms with Gasteiger partial charge in [0.1, 0.15) is 29.3 Å². The molecule has 1 fully saturated rings. The molecule has 228 valence electrons. The van der Waals surface area contributed by atoms with Crippen LogP contribution in [0.3, 0.4) is 0 Å². The number of aromatic nitrogens is 1. The number of aliphatic hydroxyl groups excluding tert-OH is 1. The van der Waals surface area contributed by atoms with Gasteiger partial charge in [-0.05, 0) is 41.7 Å². The van der Waals surface area contributed by atoms with Gasteiger partial charge in [-0.25, -0.2) is 4.39 Å². The van der Waals surface area contributed by atoms with E-state index in [4.69, 9.17) is 37.8 Å². The number of benzene rings is 2. The lowest BCUT2D eigenvalue weighted by molar-refractivity contribution is -0.122. The number of amides is 2. The van der Waals surface area contributed by atoms with Crippen LogP contribution in [0.5, 0.6) is 11.5 Å². The fourth-order valence-corrected chi connectivity index (χ4v) is 6.56. The summed E-state index contributed by atoms with van der Waals surface area (Å²) >= 11 is 12.5. The van der Waals surface area contributed by atoms with Gasteiger partial charge in [-0.3, -0.25) is 14.6 Å². The first-order chi connectivity index (χ1) is 20.4. The number of nitrogens with one attached hydrogen (secondary N) is 3. The van der Waals surface area contributed by atoms with Gasteiger partial charge in [0.25, 0.3) is 0 Å². The summed E-state index contributed by atoms with van der Waals surface area (Å²) in [5.74, 6) is -1.95. The number of hydrogen-bond donors (Lipinski definition) is 4. The van der Waals surface area contributed by atoms with Crippen LogP contribution >= 0.6 is 23.2 Å². The number of fused-ring (bicyclic) bond motifs is 2. The lowest BCUT2D eigenvalue weighted by atomic mass is 9.64. The van der Waals surface area contributed by atoms with Crippen molar-refractivity contribution in [1.29, 1.82) is 0 Å². The SMILES string of the molecule is COc1cc(OCCO)ccc1NC(=O)C1NC(CC(C)(C)C)C2(C(=O)Nc3cc(Cl)cnc32)C1c1cccc(Cl)c1F. The van der Waals surface area contributed by atoms with Crippen LogP contribution in [-0.2, 0) is 15.0 Å². The van der Waals surface area contributed by atoms with Gasteiger partial charge in [0.05, 0.1) is 46.9 Å². The first-order valence-electron chi connectivity index (χ1n) is 13.8. The number of anilines is 2. The number of ether oxygens (including phenoxy) is 2. The summed E-state index contributed by atoms with van der Waals surface area (Å²) in [6.45, 7) is 6.01. The van der Waals surface area contributed by atoms with E-state index < -0.39 is 41.0 Å². The number of nitrogens with zero attached hydrogens (tertiary/aromatic N) is 1. The van der Waals surface area contributed by atoms with Gasteiger partial charge >= 0.3 is 0 Å². The number of pyridine rings is 1. The van der Waals surface area contributed by atoms with Crippen LogP contribution in [0.25, 0.3) is 0 Å². The molecule has 0 aliphatic carbocycles. The lowest BCUT2D eigenvalue weighted by Gasteiger charge is -2.37. The predicted octanol–water partition coefficient (Wildman–Crippen LogP) is 5.30. The number of hydrogen-bond acceptors (Lipinski definition) is 7. The first kappa shape index (κ1) is 31.0. The summed E-state index contributed by atoms with van der Waals surface area (Å²) in [6, 6.07) is 9.26. The smallest absolute Gasteiger partial charge is 0.242 e. The summed E-state index contributed by atoms with van der Waals surface area (Å²) in [4.78, 5) is 33.0. The molecule has 3 aromatic rings. The average molecular weight is 632 g/mol. The minimum absolute atomic E-state index is 0.0910. The van der Waals surface area contributed by atoms with E-state index in [2.05, 4.69) is 20.9 Å². The average Bonchev–Trinajstić information content (AvgIpc) is 3.42. The summed E-state index contributed by atoms with van der Waals surface area (Å²) in [5, 5.41) is 18.5. The van der Waals surface area contributed by atoms with E-state index in [-0.39, 0.29) is 29.2 Å². The quantitative estimate of drug-likeness (QED) is 0.267. The predicted molar refractivity (Wildman–Crippen MR) is 163 cm³/mol. The standard InChI is InChI=1S/C31H33Cl2FN4O5/c1-30(2,3)14-23-31(27-21(37-29(31)41)12-16(32)15-35-27)24(18-6-5-7-19(33)25(18)34)26(38-23)28(40)36-20-9-8-17(43-11-10-39)13-22(20)42-4/h5-9,12-13,15,23-24,26,38-39H,10-11,14H2,1-4H3,(H,36,40)(H,37,41). The van der Waals surface area contributed by atoms with Gasteiger partial charge in [-0.15, -0.1) is 0 Å². The first-order valence-corrected chi connectivity index (χ1v) is 14.6. The normalized spacial score (nSPS) is 22.8. The molecule has 12 heteroatoms. The molecule has 2 aliphatic heterocycles. The van der Waals surface area contributed by atoms with Gasteiger partial charge in [0, 0.05) is 24.2 Å².